The fraction of sp³-hybridized carbons (Fsp3) is 0.294. The maximum Gasteiger partial charge on any atom is 0.573 e. The first kappa shape index (κ1) is 18.3. The minimum Gasteiger partial charge on any atom is -0.406 e. The lowest BCUT2D eigenvalue weighted by atomic mass is 10.2. The average Bonchev–Trinajstić information content (AvgIpc) is 2.95. The zero-order valence-corrected chi connectivity index (χ0v) is 14.8. The number of hydrogen-bond acceptors (Lipinski definition) is 4. The Hall–Kier alpha value is -2.48. The minimum atomic E-state index is -4.72. The van der Waals surface area contributed by atoms with E-state index >= 15 is 0 Å². The second kappa shape index (κ2) is 7.03. The second-order valence-corrected chi connectivity index (χ2v) is 6.39. The van der Waals surface area contributed by atoms with Crippen LogP contribution in [0.3, 0.4) is 0 Å². The molecule has 1 aromatic carbocycles. The normalized spacial score (nSPS) is 12.0. The Morgan fingerprint density at radius 2 is 2.04 bits per heavy atom. The third-order valence-electron chi connectivity index (χ3n) is 3.67. The molecule has 0 unspecified atom stereocenters. The molecule has 0 aliphatic heterocycles. The van der Waals surface area contributed by atoms with Crippen molar-refractivity contribution in [2.75, 3.05) is 5.32 Å². The molecule has 0 saturated carbocycles. The standard InChI is InChI=1S/C17H16ClF3N4O/c1-10(2)14-9-23-16-13(7-15(18)24-25(14)16)22-8-11-4-3-5-12(6-11)26-17(19,20)21/h3-7,9-10,22H,8H2,1-2H3. The number of benzene rings is 1. The largest absolute Gasteiger partial charge is 0.573 e. The number of alkyl halides is 3. The van der Waals surface area contributed by atoms with Crippen molar-refractivity contribution in [1.29, 1.82) is 0 Å². The van der Waals surface area contributed by atoms with Crippen molar-refractivity contribution in [1.82, 2.24) is 14.6 Å². The summed E-state index contributed by atoms with van der Waals surface area (Å²) in [5, 5.41) is 7.69. The molecule has 2 aromatic heterocycles. The topological polar surface area (TPSA) is 51.5 Å². The fourth-order valence-corrected chi connectivity index (χ4v) is 2.71. The van der Waals surface area contributed by atoms with Gasteiger partial charge in [-0.2, -0.15) is 5.10 Å². The van der Waals surface area contributed by atoms with Crippen molar-refractivity contribution in [3.8, 4) is 5.75 Å². The predicted octanol–water partition coefficient (Wildman–Crippen LogP) is 5.02. The zero-order chi connectivity index (χ0) is 18.9. The Kier molecular flexibility index (Phi) is 4.95. The molecule has 0 saturated heterocycles. The lowest BCUT2D eigenvalue weighted by Gasteiger charge is -2.12. The van der Waals surface area contributed by atoms with Crippen LogP contribution in [0, 0.1) is 0 Å². The summed E-state index contributed by atoms with van der Waals surface area (Å²) in [6, 6.07) is 7.40. The Morgan fingerprint density at radius 3 is 2.73 bits per heavy atom. The predicted molar refractivity (Wildman–Crippen MR) is 92.5 cm³/mol. The number of hydrogen-bond donors (Lipinski definition) is 1. The molecule has 0 amide bonds. The highest BCUT2D eigenvalue weighted by molar-refractivity contribution is 6.29. The molecule has 138 valence electrons. The number of aromatic nitrogens is 3. The number of fused-ring (bicyclic) bond motifs is 1. The summed E-state index contributed by atoms with van der Waals surface area (Å²) in [6.45, 7) is 4.31. The van der Waals surface area contributed by atoms with Crippen LogP contribution < -0.4 is 10.1 Å². The first-order chi connectivity index (χ1) is 12.2. The third-order valence-corrected chi connectivity index (χ3v) is 3.86. The van der Waals surface area contributed by atoms with Gasteiger partial charge in [-0.05, 0) is 23.6 Å². The van der Waals surface area contributed by atoms with E-state index in [0.29, 0.717) is 16.9 Å². The molecule has 0 aliphatic rings. The van der Waals surface area contributed by atoms with Crippen molar-refractivity contribution >= 4 is 22.9 Å². The molecule has 0 spiro atoms. The van der Waals surface area contributed by atoms with Crippen LogP contribution in [-0.4, -0.2) is 21.0 Å². The number of halogens is 4. The lowest BCUT2D eigenvalue weighted by Crippen LogP contribution is -2.17. The highest BCUT2D eigenvalue weighted by atomic mass is 35.5. The van der Waals surface area contributed by atoms with Gasteiger partial charge in [-0.1, -0.05) is 37.6 Å². The number of ether oxygens (including phenoxy) is 1. The van der Waals surface area contributed by atoms with Gasteiger partial charge in [0.1, 0.15) is 5.75 Å². The van der Waals surface area contributed by atoms with E-state index in [-0.39, 0.29) is 23.4 Å². The maximum absolute atomic E-state index is 12.3. The number of nitrogens with zero attached hydrogens (tertiary/aromatic N) is 3. The van der Waals surface area contributed by atoms with Crippen molar-refractivity contribution in [3.05, 3.63) is 52.9 Å². The fourth-order valence-electron chi connectivity index (χ4n) is 2.53. The van der Waals surface area contributed by atoms with E-state index in [1.807, 2.05) is 13.8 Å². The highest BCUT2D eigenvalue weighted by Gasteiger charge is 2.31. The van der Waals surface area contributed by atoms with Crippen LogP contribution in [0.1, 0.15) is 31.0 Å². The van der Waals surface area contributed by atoms with E-state index in [1.165, 1.54) is 18.2 Å². The van der Waals surface area contributed by atoms with Crippen molar-refractivity contribution in [3.63, 3.8) is 0 Å². The molecule has 0 fully saturated rings. The van der Waals surface area contributed by atoms with Gasteiger partial charge < -0.3 is 10.1 Å². The van der Waals surface area contributed by atoms with Crippen LogP contribution >= 0.6 is 11.6 Å². The van der Waals surface area contributed by atoms with Crippen LogP contribution in [-0.2, 0) is 6.54 Å². The van der Waals surface area contributed by atoms with E-state index in [0.717, 1.165) is 5.69 Å². The molecule has 0 bridgehead atoms. The van der Waals surface area contributed by atoms with Gasteiger partial charge in [0.15, 0.2) is 10.8 Å². The molecule has 1 N–H and O–H groups in total. The molecule has 9 heteroatoms. The molecule has 3 aromatic rings. The Labute approximate surface area is 152 Å². The van der Waals surface area contributed by atoms with E-state index in [1.54, 1.807) is 22.8 Å². The van der Waals surface area contributed by atoms with Gasteiger partial charge in [0.05, 0.1) is 17.6 Å². The van der Waals surface area contributed by atoms with Crippen molar-refractivity contribution in [2.24, 2.45) is 0 Å². The van der Waals surface area contributed by atoms with E-state index < -0.39 is 6.36 Å². The smallest absolute Gasteiger partial charge is 0.406 e. The summed E-state index contributed by atoms with van der Waals surface area (Å²) in [5.41, 5.74) is 2.76. The van der Waals surface area contributed by atoms with Gasteiger partial charge in [-0.15, -0.1) is 13.2 Å². The number of nitrogens with one attached hydrogen (secondary N) is 1. The zero-order valence-electron chi connectivity index (χ0n) is 14.0. The van der Waals surface area contributed by atoms with Crippen molar-refractivity contribution in [2.45, 2.75) is 32.7 Å². The summed E-state index contributed by atoms with van der Waals surface area (Å²) in [4.78, 5) is 4.37. The molecule has 26 heavy (non-hydrogen) atoms. The van der Waals surface area contributed by atoms with Crippen LogP contribution in [0.25, 0.3) is 5.65 Å². The number of anilines is 1. The summed E-state index contributed by atoms with van der Waals surface area (Å²) in [6.07, 6.45) is -2.99. The van der Waals surface area contributed by atoms with Gasteiger partial charge >= 0.3 is 6.36 Å². The Bertz CT molecular complexity index is 924. The lowest BCUT2D eigenvalue weighted by molar-refractivity contribution is -0.274. The summed E-state index contributed by atoms with van der Waals surface area (Å²) in [5.74, 6) is -0.0578. The Balaban J connectivity index is 1.83. The molecular formula is C17H16ClF3N4O. The molecule has 0 radical (unpaired) electrons. The van der Waals surface area contributed by atoms with Gasteiger partial charge in [0, 0.05) is 12.6 Å². The maximum atomic E-state index is 12.3. The SMILES string of the molecule is CC(C)c1cnc2c(NCc3cccc(OC(F)(F)F)c3)cc(Cl)nn12. The molecule has 0 aliphatic carbocycles. The van der Waals surface area contributed by atoms with Crippen LogP contribution in [0.15, 0.2) is 36.5 Å². The number of imidazole rings is 1. The summed E-state index contributed by atoms with van der Waals surface area (Å²) >= 11 is 6.09. The molecule has 0 atom stereocenters. The second-order valence-electron chi connectivity index (χ2n) is 6.00. The monoisotopic (exact) mass is 384 g/mol. The third kappa shape index (κ3) is 4.19. The first-order valence-corrected chi connectivity index (χ1v) is 8.23. The quantitative estimate of drug-likeness (QED) is 0.671. The summed E-state index contributed by atoms with van der Waals surface area (Å²) in [7, 11) is 0. The molecule has 5 nitrogen and oxygen atoms in total. The average molecular weight is 385 g/mol. The minimum absolute atomic E-state index is 0.208. The first-order valence-electron chi connectivity index (χ1n) is 7.85. The van der Waals surface area contributed by atoms with E-state index in [2.05, 4.69) is 20.1 Å². The molecule has 3 rings (SSSR count). The van der Waals surface area contributed by atoms with E-state index in [9.17, 15) is 13.2 Å². The highest BCUT2D eigenvalue weighted by Crippen LogP contribution is 2.26. The van der Waals surface area contributed by atoms with Crippen LogP contribution in [0.4, 0.5) is 18.9 Å². The van der Waals surface area contributed by atoms with Gasteiger partial charge in [0.25, 0.3) is 0 Å². The van der Waals surface area contributed by atoms with Gasteiger partial charge in [0.2, 0.25) is 0 Å². The Morgan fingerprint density at radius 1 is 1.27 bits per heavy atom. The van der Waals surface area contributed by atoms with E-state index in [4.69, 9.17) is 11.6 Å². The van der Waals surface area contributed by atoms with Crippen LogP contribution in [0.2, 0.25) is 5.15 Å². The van der Waals surface area contributed by atoms with Crippen LogP contribution in [0.5, 0.6) is 5.75 Å². The number of rotatable bonds is 5. The molecular weight excluding hydrogens is 369 g/mol. The van der Waals surface area contributed by atoms with Crippen molar-refractivity contribution < 1.29 is 17.9 Å². The van der Waals surface area contributed by atoms with Gasteiger partial charge in [-0.25, -0.2) is 9.50 Å². The molecule has 2 heterocycles. The summed E-state index contributed by atoms with van der Waals surface area (Å²) < 4.78 is 42.6. The van der Waals surface area contributed by atoms with Gasteiger partial charge in [-0.3, -0.25) is 0 Å².